The number of allylic oxidation sites excluding steroid dienone is 3. The third kappa shape index (κ3) is 5.26. The summed E-state index contributed by atoms with van der Waals surface area (Å²) in [6.07, 6.45) is 12.9. The van der Waals surface area contributed by atoms with E-state index in [0.29, 0.717) is 0 Å². The molecule has 5 atom stereocenters. The van der Waals surface area contributed by atoms with Gasteiger partial charge >= 0.3 is 6.18 Å². The van der Waals surface area contributed by atoms with Crippen LogP contribution in [0, 0.1) is 6.92 Å². The molecule has 5 heteroatoms. The molecule has 6 aromatic rings. The molecule has 6 aromatic carbocycles. The molecule has 12 rings (SSSR count). The van der Waals surface area contributed by atoms with Crippen molar-refractivity contribution in [1.82, 2.24) is 0 Å². The fourth-order valence-corrected chi connectivity index (χ4v) is 13.8. The topological polar surface area (TPSA) is 6.48 Å². The second-order valence-corrected chi connectivity index (χ2v) is 20.6. The van der Waals surface area contributed by atoms with Crippen LogP contribution in [0.25, 0.3) is 33.5 Å². The van der Waals surface area contributed by atoms with Crippen molar-refractivity contribution < 1.29 is 13.2 Å². The zero-order chi connectivity index (χ0) is 43.3. The maximum atomic E-state index is 13.7. The number of rotatable bonds is 4. The number of halogens is 3. The first-order valence-corrected chi connectivity index (χ1v) is 23.3. The van der Waals surface area contributed by atoms with Gasteiger partial charge in [-0.05, 0) is 168 Å². The Morgan fingerprint density at radius 2 is 1.22 bits per heavy atom. The van der Waals surface area contributed by atoms with Crippen LogP contribution in [0.1, 0.15) is 129 Å². The van der Waals surface area contributed by atoms with Gasteiger partial charge in [-0.2, -0.15) is 13.2 Å². The highest BCUT2D eigenvalue weighted by atomic mass is 19.4. The molecule has 5 unspecified atom stereocenters. The summed E-state index contributed by atoms with van der Waals surface area (Å²) in [7, 11) is 0. The van der Waals surface area contributed by atoms with Crippen LogP contribution in [-0.2, 0) is 23.4 Å². The van der Waals surface area contributed by atoms with E-state index < -0.39 is 11.7 Å². The van der Waals surface area contributed by atoms with Gasteiger partial charge in [-0.15, -0.1) is 0 Å². The molecule has 0 N–H and O–H groups in total. The van der Waals surface area contributed by atoms with Crippen molar-refractivity contribution in [2.45, 2.75) is 126 Å². The van der Waals surface area contributed by atoms with Crippen molar-refractivity contribution >= 4 is 45.2 Å². The Morgan fingerprint density at radius 3 is 1.87 bits per heavy atom. The second kappa shape index (κ2) is 13.3. The average molecular weight is 837 g/mol. The lowest BCUT2D eigenvalue weighted by atomic mass is 9.61. The summed E-state index contributed by atoms with van der Waals surface area (Å²) in [6.45, 7) is 12.0. The number of alkyl halides is 3. The minimum absolute atomic E-state index is 0.000569. The number of aryl methyl sites for hydroxylation is 1. The van der Waals surface area contributed by atoms with Crippen molar-refractivity contribution in [3.63, 3.8) is 0 Å². The van der Waals surface area contributed by atoms with Crippen molar-refractivity contribution in [2.24, 2.45) is 0 Å². The summed E-state index contributed by atoms with van der Waals surface area (Å²) >= 11 is 0. The lowest BCUT2D eigenvalue weighted by Crippen LogP contribution is -2.54. The molecular formula is C58H55F3N2. The molecule has 2 heterocycles. The number of hydrogen-bond acceptors (Lipinski definition) is 2. The number of hydrogen-bond donors (Lipinski definition) is 0. The fourth-order valence-electron chi connectivity index (χ4n) is 13.8. The molecule has 0 spiro atoms. The smallest absolute Gasteiger partial charge is 0.334 e. The molecule has 318 valence electrons. The zero-order valence-electron chi connectivity index (χ0n) is 37.1. The second-order valence-electron chi connectivity index (χ2n) is 20.6. The van der Waals surface area contributed by atoms with Gasteiger partial charge in [0.15, 0.2) is 0 Å². The molecule has 0 amide bonds. The molecule has 2 saturated carbocycles. The Bertz CT molecular complexity index is 2960. The van der Waals surface area contributed by atoms with Gasteiger partial charge in [-0.3, -0.25) is 0 Å². The summed E-state index contributed by atoms with van der Waals surface area (Å²) < 4.78 is 41.0. The Morgan fingerprint density at radius 1 is 0.619 bits per heavy atom. The zero-order valence-corrected chi connectivity index (χ0v) is 37.1. The van der Waals surface area contributed by atoms with E-state index >= 15 is 0 Å². The highest BCUT2D eigenvalue weighted by molar-refractivity contribution is 6.09. The monoisotopic (exact) mass is 836 g/mol. The molecule has 2 nitrogen and oxygen atoms in total. The number of nitrogens with zero attached hydrogens (tertiary/aromatic N) is 2. The van der Waals surface area contributed by atoms with Gasteiger partial charge in [-0.1, -0.05) is 118 Å². The summed E-state index contributed by atoms with van der Waals surface area (Å²) in [5, 5.41) is 2.70. The lowest BCUT2D eigenvalue weighted by Gasteiger charge is -2.50. The van der Waals surface area contributed by atoms with Gasteiger partial charge in [0.25, 0.3) is 0 Å². The van der Waals surface area contributed by atoms with Crippen LogP contribution in [0.15, 0.2) is 121 Å². The SMILES string of the molecule is Cc1ccc(N2c3ccc(-c4ccc5c6c7c(ccc46)C=CC(c4ccc6c(c4)C4(C)CCCCC4(C)N6c4ccc(C(F)(F)F)cc4)C7=CC5)cc3C3(C)CCCCC23C)cc1. The third-order valence-electron chi connectivity index (χ3n) is 17.6. The van der Waals surface area contributed by atoms with Gasteiger partial charge in [0, 0.05) is 39.5 Å². The van der Waals surface area contributed by atoms with Crippen molar-refractivity contribution in [3.05, 3.63) is 166 Å². The highest BCUT2D eigenvalue weighted by Gasteiger charge is 2.59. The van der Waals surface area contributed by atoms with E-state index in [1.54, 1.807) is 12.1 Å². The van der Waals surface area contributed by atoms with Crippen LogP contribution in [0.3, 0.4) is 0 Å². The van der Waals surface area contributed by atoms with E-state index in [1.165, 1.54) is 116 Å². The summed E-state index contributed by atoms with van der Waals surface area (Å²) in [6, 6.07) is 38.8. The normalized spacial score (nSPS) is 27.8. The first kappa shape index (κ1) is 39.1. The molecule has 2 aliphatic heterocycles. The van der Waals surface area contributed by atoms with Crippen LogP contribution in [-0.4, -0.2) is 11.1 Å². The maximum Gasteiger partial charge on any atom is 0.416 e. The molecule has 6 aliphatic rings. The minimum atomic E-state index is -4.37. The predicted octanol–water partition coefficient (Wildman–Crippen LogP) is 16.1. The van der Waals surface area contributed by atoms with Crippen molar-refractivity contribution in [2.75, 3.05) is 9.80 Å². The standard InChI is InChI=1S/C58H55F3N2/c1-36-10-20-42(21-11-36)62-50-28-16-39(34-48(50)54(2)30-6-8-32-56(54,62)4)44-24-12-37-15-27-47-45(25-13-38-14-26-46(44)52(37)53(38)47)40-17-29-51-49(35-40)55(3)31-7-9-33-57(55,5)63(51)43-22-18-41(19-23-43)58(59,60)61/h10-14,16-29,34-35,45H,6-9,15,30-33H2,1-5H3. The van der Waals surface area contributed by atoms with Crippen molar-refractivity contribution in [3.8, 4) is 11.1 Å². The van der Waals surface area contributed by atoms with E-state index in [2.05, 4.69) is 148 Å². The molecule has 2 fully saturated rings. The largest absolute Gasteiger partial charge is 0.416 e. The summed E-state index contributed by atoms with van der Waals surface area (Å²) in [5.74, 6) is 0.0976. The van der Waals surface area contributed by atoms with E-state index in [9.17, 15) is 13.2 Å². The van der Waals surface area contributed by atoms with Gasteiger partial charge in [0.05, 0.1) is 16.6 Å². The Labute approximate surface area is 370 Å². The molecule has 0 saturated heterocycles. The molecule has 63 heavy (non-hydrogen) atoms. The van der Waals surface area contributed by atoms with Gasteiger partial charge in [0.2, 0.25) is 0 Å². The van der Waals surface area contributed by atoms with E-state index in [-0.39, 0.29) is 27.8 Å². The molecule has 4 aliphatic carbocycles. The van der Waals surface area contributed by atoms with Gasteiger partial charge in [-0.25, -0.2) is 0 Å². The summed E-state index contributed by atoms with van der Waals surface area (Å²) in [5.41, 5.74) is 17.0. The maximum absolute atomic E-state index is 13.7. The number of fused-ring (bicyclic) bond motifs is 6. The Kier molecular flexibility index (Phi) is 8.22. The van der Waals surface area contributed by atoms with Crippen LogP contribution < -0.4 is 9.80 Å². The van der Waals surface area contributed by atoms with Crippen LogP contribution in [0.5, 0.6) is 0 Å². The van der Waals surface area contributed by atoms with Crippen molar-refractivity contribution in [1.29, 1.82) is 0 Å². The minimum Gasteiger partial charge on any atom is -0.334 e. The van der Waals surface area contributed by atoms with Gasteiger partial charge < -0.3 is 9.80 Å². The highest BCUT2D eigenvalue weighted by Crippen LogP contribution is 2.63. The quantitative estimate of drug-likeness (QED) is 0.175. The third-order valence-corrected chi connectivity index (χ3v) is 17.6. The molecular weight excluding hydrogens is 782 g/mol. The first-order valence-electron chi connectivity index (χ1n) is 23.3. The first-order chi connectivity index (χ1) is 30.2. The molecule has 0 radical (unpaired) electrons. The Balaban J connectivity index is 0.945. The number of benzene rings is 6. The lowest BCUT2D eigenvalue weighted by molar-refractivity contribution is -0.137. The Hall–Kier alpha value is -5.55. The molecule has 0 aromatic heterocycles. The fraction of sp³-hybridized carbons (Fsp3) is 0.345. The van der Waals surface area contributed by atoms with E-state index in [4.69, 9.17) is 0 Å². The predicted molar refractivity (Wildman–Crippen MR) is 255 cm³/mol. The van der Waals surface area contributed by atoms with Crippen LogP contribution in [0.2, 0.25) is 0 Å². The van der Waals surface area contributed by atoms with E-state index in [1.807, 2.05) is 0 Å². The number of anilines is 4. The van der Waals surface area contributed by atoms with Crippen LogP contribution >= 0.6 is 0 Å². The van der Waals surface area contributed by atoms with Gasteiger partial charge in [0.1, 0.15) is 0 Å². The van der Waals surface area contributed by atoms with E-state index in [0.717, 1.165) is 43.5 Å². The summed E-state index contributed by atoms with van der Waals surface area (Å²) in [4.78, 5) is 5.04. The van der Waals surface area contributed by atoms with Crippen LogP contribution in [0.4, 0.5) is 35.9 Å². The molecule has 0 bridgehead atoms. The average Bonchev–Trinajstić information content (AvgIpc) is 3.62.